The number of amides is 1. The Morgan fingerprint density at radius 2 is 2.00 bits per heavy atom. The summed E-state index contributed by atoms with van der Waals surface area (Å²) in [5, 5.41) is 4.42. The minimum absolute atomic E-state index is 0.0208. The SMILES string of the molecule is CCC(=O)NC1C2CCCN(c3ncnc4cc(C)c(C)cc34)C2C1(C)C. The number of fused-ring (bicyclic) bond motifs is 2. The van der Waals surface area contributed by atoms with Gasteiger partial charge in [0.25, 0.3) is 0 Å². The highest BCUT2D eigenvalue weighted by Crippen LogP contribution is 2.53. The number of rotatable bonds is 3. The Balaban J connectivity index is 1.72. The van der Waals surface area contributed by atoms with Crippen LogP contribution in [0.15, 0.2) is 18.5 Å². The maximum Gasteiger partial charge on any atom is 0.219 e. The molecule has 2 fully saturated rings. The van der Waals surface area contributed by atoms with Crippen LogP contribution in [-0.4, -0.2) is 34.5 Å². The van der Waals surface area contributed by atoms with Gasteiger partial charge in [0.1, 0.15) is 12.1 Å². The number of nitrogens with one attached hydrogen (secondary N) is 1. The third kappa shape index (κ3) is 2.79. The minimum atomic E-state index is 0.0208. The molecule has 3 atom stereocenters. The first-order chi connectivity index (χ1) is 12.8. The van der Waals surface area contributed by atoms with E-state index >= 15 is 0 Å². The summed E-state index contributed by atoms with van der Waals surface area (Å²) in [4.78, 5) is 23.7. The minimum Gasteiger partial charge on any atom is -0.352 e. The predicted molar refractivity (Wildman–Crippen MR) is 109 cm³/mol. The molecule has 2 aromatic rings. The van der Waals surface area contributed by atoms with E-state index in [4.69, 9.17) is 4.98 Å². The van der Waals surface area contributed by atoms with E-state index in [1.165, 1.54) is 17.5 Å². The molecule has 2 heterocycles. The lowest BCUT2D eigenvalue weighted by atomic mass is 9.52. The third-order valence-corrected chi connectivity index (χ3v) is 6.81. The fourth-order valence-corrected chi connectivity index (χ4v) is 5.28. The van der Waals surface area contributed by atoms with Crippen LogP contribution < -0.4 is 10.2 Å². The molecule has 1 amide bonds. The summed E-state index contributed by atoms with van der Waals surface area (Å²) >= 11 is 0. The molecule has 27 heavy (non-hydrogen) atoms. The molecule has 1 aromatic heterocycles. The van der Waals surface area contributed by atoms with Crippen LogP contribution in [0.5, 0.6) is 0 Å². The van der Waals surface area contributed by atoms with Crippen molar-refractivity contribution >= 4 is 22.6 Å². The molecule has 5 heteroatoms. The quantitative estimate of drug-likeness (QED) is 0.898. The van der Waals surface area contributed by atoms with E-state index in [9.17, 15) is 4.79 Å². The summed E-state index contributed by atoms with van der Waals surface area (Å²) in [6.45, 7) is 11.8. The molecular weight excluding hydrogens is 336 g/mol. The number of anilines is 1. The van der Waals surface area contributed by atoms with Crippen LogP contribution >= 0.6 is 0 Å². The van der Waals surface area contributed by atoms with Gasteiger partial charge in [-0.25, -0.2) is 9.97 Å². The van der Waals surface area contributed by atoms with Crippen LogP contribution in [0.2, 0.25) is 0 Å². The van der Waals surface area contributed by atoms with E-state index in [1.54, 1.807) is 6.33 Å². The zero-order chi connectivity index (χ0) is 19.3. The van der Waals surface area contributed by atoms with Crippen LogP contribution in [0, 0.1) is 25.2 Å². The number of benzene rings is 1. The first-order valence-corrected chi connectivity index (χ1v) is 10.1. The highest BCUT2D eigenvalue weighted by Gasteiger charge is 2.60. The molecule has 3 unspecified atom stereocenters. The molecule has 1 aromatic carbocycles. The van der Waals surface area contributed by atoms with Crippen molar-refractivity contribution in [2.45, 2.75) is 66.0 Å². The van der Waals surface area contributed by atoms with Crippen LogP contribution in [0.25, 0.3) is 10.9 Å². The summed E-state index contributed by atoms with van der Waals surface area (Å²) in [5.41, 5.74) is 3.56. The summed E-state index contributed by atoms with van der Waals surface area (Å²) in [7, 11) is 0. The lowest BCUT2D eigenvalue weighted by Gasteiger charge is -2.64. The molecule has 1 aliphatic heterocycles. The summed E-state index contributed by atoms with van der Waals surface area (Å²) in [6, 6.07) is 5.03. The topological polar surface area (TPSA) is 58.1 Å². The van der Waals surface area contributed by atoms with Gasteiger partial charge in [0.2, 0.25) is 5.91 Å². The molecule has 1 saturated carbocycles. The Morgan fingerprint density at radius 1 is 1.26 bits per heavy atom. The maximum absolute atomic E-state index is 12.0. The van der Waals surface area contributed by atoms with E-state index < -0.39 is 0 Å². The van der Waals surface area contributed by atoms with E-state index in [-0.39, 0.29) is 17.4 Å². The van der Waals surface area contributed by atoms with Crippen LogP contribution in [-0.2, 0) is 4.79 Å². The van der Waals surface area contributed by atoms with Gasteiger partial charge in [0.05, 0.1) is 5.52 Å². The predicted octanol–water partition coefficient (Wildman–Crippen LogP) is 3.77. The van der Waals surface area contributed by atoms with Gasteiger partial charge in [0.15, 0.2) is 0 Å². The van der Waals surface area contributed by atoms with Crippen LogP contribution in [0.1, 0.15) is 51.2 Å². The van der Waals surface area contributed by atoms with Gasteiger partial charge in [-0.3, -0.25) is 4.79 Å². The van der Waals surface area contributed by atoms with Crippen molar-refractivity contribution in [1.82, 2.24) is 15.3 Å². The summed E-state index contributed by atoms with van der Waals surface area (Å²) < 4.78 is 0. The number of aryl methyl sites for hydroxylation is 2. The largest absolute Gasteiger partial charge is 0.352 e. The van der Waals surface area contributed by atoms with Gasteiger partial charge < -0.3 is 10.2 Å². The van der Waals surface area contributed by atoms with Gasteiger partial charge in [-0.1, -0.05) is 20.8 Å². The molecular formula is C22H30N4O. The molecule has 1 saturated heterocycles. The average Bonchev–Trinajstić information content (AvgIpc) is 2.65. The van der Waals surface area contributed by atoms with Gasteiger partial charge in [-0.05, 0) is 49.9 Å². The molecule has 0 bridgehead atoms. The zero-order valence-corrected chi connectivity index (χ0v) is 17.0. The number of aromatic nitrogens is 2. The Kier molecular flexibility index (Phi) is 4.36. The zero-order valence-electron chi connectivity index (χ0n) is 17.0. The summed E-state index contributed by atoms with van der Waals surface area (Å²) in [5.74, 6) is 1.69. The van der Waals surface area contributed by atoms with Crippen molar-refractivity contribution in [3.05, 3.63) is 29.6 Å². The van der Waals surface area contributed by atoms with Gasteiger partial charge >= 0.3 is 0 Å². The van der Waals surface area contributed by atoms with Gasteiger partial charge in [0, 0.05) is 41.8 Å². The third-order valence-electron chi connectivity index (χ3n) is 6.81. The fourth-order valence-electron chi connectivity index (χ4n) is 5.28. The van der Waals surface area contributed by atoms with E-state index in [1.807, 2.05) is 6.92 Å². The molecule has 2 aliphatic rings. The second-order valence-corrected chi connectivity index (χ2v) is 8.82. The Labute approximate surface area is 161 Å². The normalized spacial score (nSPS) is 26.4. The van der Waals surface area contributed by atoms with Gasteiger partial charge in [-0.15, -0.1) is 0 Å². The lowest BCUT2D eigenvalue weighted by molar-refractivity contribution is -0.127. The van der Waals surface area contributed by atoms with Crippen molar-refractivity contribution in [1.29, 1.82) is 0 Å². The number of hydrogen-bond donors (Lipinski definition) is 1. The second-order valence-electron chi connectivity index (χ2n) is 8.82. The fraction of sp³-hybridized carbons (Fsp3) is 0.591. The second kappa shape index (κ2) is 6.47. The average molecular weight is 367 g/mol. The standard InChI is InChI=1S/C22H30N4O/c1-6-18(27)25-19-15-8-7-9-26(20(15)22(19,4)5)21-16-10-13(2)14(3)11-17(16)23-12-24-21/h10-12,15,19-20H,6-9H2,1-5H3,(H,25,27). The lowest BCUT2D eigenvalue weighted by Crippen LogP contribution is -2.74. The number of carbonyl (C=O) groups excluding carboxylic acids is 1. The molecule has 0 radical (unpaired) electrons. The Hall–Kier alpha value is -2.17. The molecule has 1 aliphatic carbocycles. The Morgan fingerprint density at radius 3 is 2.74 bits per heavy atom. The molecule has 5 nitrogen and oxygen atoms in total. The number of hydrogen-bond acceptors (Lipinski definition) is 4. The number of nitrogens with zero attached hydrogens (tertiary/aromatic N) is 3. The maximum atomic E-state index is 12.0. The van der Waals surface area contributed by atoms with E-state index in [2.05, 4.69) is 55.0 Å². The molecule has 0 spiro atoms. The number of carbonyl (C=O) groups is 1. The highest BCUT2D eigenvalue weighted by atomic mass is 16.1. The Bertz CT molecular complexity index is 891. The first kappa shape index (κ1) is 18.2. The smallest absolute Gasteiger partial charge is 0.219 e. The van der Waals surface area contributed by atoms with E-state index in [0.717, 1.165) is 29.7 Å². The highest BCUT2D eigenvalue weighted by molar-refractivity contribution is 5.90. The number of piperidine rings is 1. The molecule has 4 rings (SSSR count). The van der Waals surface area contributed by atoms with Crippen LogP contribution in [0.3, 0.4) is 0 Å². The van der Waals surface area contributed by atoms with Crippen molar-refractivity contribution < 1.29 is 4.79 Å². The van der Waals surface area contributed by atoms with Gasteiger partial charge in [-0.2, -0.15) is 0 Å². The van der Waals surface area contributed by atoms with Crippen LogP contribution in [0.4, 0.5) is 5.82 Å². The van der Waals surface area contributed by atoms with Crippen molar-refractivity contribution in [3.63, 3.8) is 0 Å². The summed E-state index contributed by atoms with van der Waals surface area (Å²) in [6.07, 6.45) is 4.54. The van der Waals surface area contributed by atoms with Crippen molar-refractivity contribution in [2.24, 2.45) is 11.3 Å². The van der Waals surface area contributed by atoms with Crippen molar-refractivity contribution in [3.8, 4) is 0 Å². The first-order valence-electron chi connectivity index (χ1n) is 10.1. The van der Waals surface area contributed by atoms with E-state index in [0.29, 0.717) is 18.4 Å². The molecule has 1 N–H and O–H groups in total. The molecule has 144 valence electrons. The monoisotopic (exact) mass is 366 g/mol. The van der Waals surface area contributed by atoms with Crippen molar-refractivity contribution in [2.75, 3.05) is 11.4 Å².